The molecule has 3 amide bonds. The van der Waals surface area contributed by atoms with Crippen molar-refractivity contribution in [2.75, 3.05) is 25.0 Å². The van der Waals surface area contributed by atoms with Crippen LogP contribution in [0.5, 0.6) is 0 Å². The van der Waals surface area contributed by atoms with Gasteiger partial charge in [0.1, 0.15) is 6.04 Å². The number of hydrogen-bond donors (Lipinski definition) is 1. The highest BCUT2D eigenvalue weighted by Gasteiger charge is 2.37. The van der Waals surface area contributed by atoms with Crippen LogP contribution in [0.25, 0.3) is 0 Å². The van der Waals surface area contributed by atoms with E-state index in [4.69, 9.17) is 0 Å². The molecule has 130 valence electrons. The number of piperidine rings is 1. The molecule has 1 N–H and O–H groups in total. The smallest absolute Gasteiger partial charge is 0.322 e. The summed E-state index contributed by atoms with van der Waals surface area (Å²) in [6.07, 6.45) is 3.75. The van der Waals surface area contributed by atoms with Crippen LogP contribution in [-0.4, -0.2) is 47.4 Å². The Morgan fingerprint density at radius 1 is 1.12 bits per heavy atom. The van der Waals surface area contributed by atoms with Crippen molar-refractivity contribution in [1.29, 1.82) is 0 Å². The lowest BCUT2D eigenvalue weighted by Crippen LogP contribution is -2.50. The highest BCUT2D eigenvalue weighted by molar-refractivity contribution is 9.10. The highest BCUT2D eigenvalue weighted by atomic mass is 79.9. The lowest BCUT2D eigenvalue weighted by atomic mass is 9.98. The molecule has 2 fully saturated rings. The first-order valence-electron chi connectivity index (χ1n) is 8.67. The second-order valence-corrected chi connectivity index (χ2v) is 7.62. The van der Waals surface area contributed by atoms with Crippen LogP contribution >= 0.6 is 15.9 Å². The number of hydrogen-bond acceptors (Lipinski definition) is 2. The van der Waals surface area contributed by atoms with Crippen molar-refractivity contribution in [2.45, 2.75) is 38.6 Å². The molecule has 0 saturated carbocycles. The monoisotopic (exact) mass is 393 g/mol. The quantitative estimate of drug-likeness (QED) is 0.832. The van der Waals surface area contributed by atoms with Crippen molar-refractivity contribution in [2.24, 2.45) is 5.92 Å². The molecule has 1 aromatic carbocycles. The van der Waals surface area contributed by atoms with Crippen LogP contribution < -0.4 is 5.32 Å². The molecule has 2 aliphatic rings. The first kappa shape index (κ1) is 17.3. The molecule has 0 aliphatic carbocycles. The van der Waals surface area contributed by atoms with Crippen LogP contribution in [0.4, 0.5) is 10.5 Å². The SMILES string of the molecule is CC1CCN(C(=O)C2CCCN2C(=O)Nc2ccccc2Br)CC1. The second-order valence-electron chi connectivity index (χ2n) is 6.77. The number of halogens is 1. The number of carbonyl (C=O) groups excluding carboxylic acids is 2. The maximum Gasteiger partial charge on any atom is 0.322 e. The molecule has 2 aliphatic heterocycles. The van der Waals surface area contributed by atoms with Crippen LogP contribution in [0.1, 0.15) is 32.6 Å². The van der Waals surface area contributed by atoms with Crippen LogP contribution in [0, 0.1) is 5.92 Å². The van der Waals surface area contributed by atoms with Crippen molar-refractivity contribution in [3.8, 4) is 0 Å². The highest BCUT2D eigenvalue weighted by Crippen LogP contribution is 2.26. The zero-order valence-corrected chi connectivity index (χ0v) is 15.6. The summed E-state index contributed by atoms with van der Waals surface area (Å²) in [5.41, 5.74) is 0.729. The van der Waals surface area contributed by atoms with Gasteiger partial charge >= 0.3 is 6.03 Å². The molecule has 1 aromatic rings. The zero-order valence-electron chi connectivity index (χ0n) is 14.0. The topological polar surface area (TPSA) is 52.7 Å². The first-order chi connectivity index (χ1) is 11.6. The van der Waals surface area contributed by atoms with Gasteiger partial charge in [-0.05, 0) is 59.7 Å². The van der Waals surface area contributed by atoms with Gasteiger partial charge in [-0.3, -0.25) is 4.79 Å². The molecule has 24 heavy (non-hydrogen) atoms. The molecule has 2 heterocycles. The van der Waals surface area contributed by atoms with Gasteiger partial charge < -0.3 is 15.1 Å². The standard InChI is InChI=1S/C18H24BrN3O2/c1-13-8-11-21(12-9-13)17(23)16-7-4-10-22(16)18(24)20-15-6-3-2-5-14(15)19/h2-3,5-6,13,16H,4,7-12H2,1H3,(H,20,24). The van der Waals surface area contributed by atoms with Crippen molar-refractivity contribution in [1.82, 2.24) is 9.80 Å². The Morgan fingerprint density at radius 3 is 2.54 bits per heavy atom. The molecule has 0 spiro atoms. The number of nitrogens with zero attached hydrogens (tertiary/aromatic N) is 2. The fourth-order valence-corrected chi connectivity index (χ4v) is 3.84. The maximum absolute atomic E-state index is 12.8. The number of amides is 3. The van der Waals surface area contributed by atoms with E-state index < -0.39 is 0 Å². The average Bonchev–Trinajstić information content (AvgIpc) is 3.07. The van der Waals surface area contributed by atoms with E-state index in [-0.39, 0.29) is 18.0 Å². The van der Waals surface area contributed by atoms with E-state index in [0.29, 0.717) is 12.5 Å². The van der Waals surface area contributed by atoms with Gasteiger partial charge in [0.15, 0.2) is 0 Å². The molecule has 6 heteroatoms. The Balaban J connectivity index is 1.65. The summed E-state index contributed by atoms with van der Waals surface area (Å²) in [6.45, 7) is 4.50. The molecular formula is C18H24BrN3O2. The third-order valence-electron chi connectivity index (χ3n) is 5.01. The first-order valence-corrected chi connectivity index (χ1v) is 9.46. The third-order valence-corrected chi connectivity index (χ3v) is 5.70. The summed E-state index contributed by atoms with van der Waals surface area (Å²) < 4.78 is 0.838. The largest absolute Gasteiger partial charge is 0.341 e. The minimum atomic E-state index is -0.319. The number of nitrogens with one attached hydrogen (secondary N) is 1. The minimum Gasteiger partial charge on any atom is -0.341 e. The van der Waals surface area contributed by atoms with E-state index in [1.54, 1.807) is 4.90 Å². The van der Waals surface area contributed by atoms with E-state index in [0.717, 1.165) is 48.9 Å². The van der Waals surface area contributed by atoms with Gasteiger partial charge in [-0.25, -0.2) is 4.79 Å². The van der Waals surface area contributed by atoms with Gasteiger partial charge in [0.25, 0.3) is 0 Å². The molecule has 0 radical (unpaired) electrons. The molecular weight excluding hydrogens is 370 g/mol. The van der Waals surface area contributed by atoms with Crippen molar-refractivity contribution in [3.05, 3.63) is 28.7 Å². The lowest BCUT2D eigenvalue weighted by molar-refractivity contribution is -0.136. The predicted octanol–water partition coefficient (Wildman–Crippen LogP) is 3.70. The van der Waals surface area contributed by atoms with Crippen LogP contribution in [0.2, 0.25) is 0 Å². The zero-order chi connectivity index (χ0) is 17.1. The fourth-order valence-electron chi connectivity index (χ4n) is 3.46. The molecule has 2 saturated heterocycles. The van der Waals surface area contributed by atoms with E-state index >= 15 is 0 Å². The predicted molar refractivity (Wildman–Crippen MR) is 97.9 cm³/mol. The molecule has 0 aromatic heterocycles. The second kappa shape index (κ2) is 7.55. The lowest BCUT2D eigenvalue weighted by Gasteiger charge is -2.34. The van der Waals surface area contributed by atoms with Gasteiger partial charge in [0.2, 0.25) is 5.91 Å². The van der Waals surface area contributed by atoms with Gasteiger partial charge in [-0.15, -0.1) is 0 Å². The van der Waals surface area contributed by atoms with E-state index in [9.17, 15) is 9.59 Å². The Kier molecular flexibility index (Phi) is 5.43. The number of benzene rings is 1. The fraction of sp³-hybridized carbons (Fsp3) is 0.556. The summed E-state index contributed by atoms with van der Waals surface area (Å²) in [5, 5.41) is 2.92. The third kappa shape index (κ3) is 3.74. The number of carbonyl (C=O) groups is 2. The maximum atomic E-state index is 12.8. The number of para-hydroxylation sites is 1. The Hall–Kier alpha value is -1.56. The van der Waals surface area contributed by atoms with Crippen LogP contribution in [0.15, 0.2) is 28.7 Å². The number of anilines is 1. The summed E-state index contributed by atoms with van der Waals surface area (Å²) in [6, 6.07) is 7.00. The summed E-state index contributed by atoms with van der Waals surface area (Å²) in [4.78, 5) is 29.1. The number of urea groups is 1. The Morgan fingerprint density at radius 2 is 1.83 bits per heavy atom. The molecule has 5 nitrogen and oxygen atoms in total. The van der Waals surface area contributed by atoms with Gasteiger partial charge in [0.05, 0.1) is 5.69 Å². The Bertz CT molecular complexity index is 614. The van der Waals surface area contributed by atoms with E-state index in [1.165, 1.54) is 0 Å². The van der Waals surface area contributed by atoms with Crippen molar-refractivity contribution < 1.29 is 9.59 Å². The molecule has 3 rings (SSSR count). The molecule has 0 bridgehead atoms. The average molecular weight is 394 g/mol. The Labute approximate surface area is 151 Å². The van der Waals surface area contributed by atoms with E-state index in [1.807, 2.05) is 29.2 Å². The van der Waals surface area contributed by atoms with Crippen molar-refractivity contribution in [3.63, 3.8) is 0 Å². The van der Waals surface area contributed by atoms with Gasteiger partial charge in [-0.1, -0.05) is 19.1 Å². The summed E-state index contributed by atoms with van der Waals surface area (Å²) in [5.74, 6) is 0.800. The van der Waals surface area contributed by atoms with Crippen LogP contribution in [0.3, 0.4) is 0 Å². The molecule has 1 unspecified atom stereocenters. The van der Waals surface area contributed by atoms with Crippen LogP contribution in [-0.2, 0) is 4.79 Å². The summed E-state index contributed by atoms with van der Waals surface area (Å²) in [7, 11) is 0. The number of likely N-dealkylation sites (tertiary alicyclic amines) is 2. The van der Waals surface area contributed by atoms with E-state index in [2.05, 4.69) is 28.2 Å². The number of rotatable bonds is 2. The molecule has 1 atom stereocenters. The minimum absolute atomic E-state index is 0.113. The van der Waals surface area contributed by atoms with Crippen molar-refractivity contribution >= 4 is 33.6 Å². The van der Waals surface area contributed by atoms with Gasteiger partial charge in [-0.2, -0.15) is 0 Å². The van der Waals surface area contributed by atoms with Gasteiger partial charge in [0, 0.05) is 24.1 Å². The summed E-state index contributed by atoms with van der Waals surface area (Å²) >= 11 is 3.44. The normalized spacial score (nSPS) is 21.8.